The number of nitrogens with zero attached hydrogens (tertiary/aromatic N) is 2. The summed E-state index contributed by atoms with van der Waals surface area (Å²) in [5.41, 5.74) is 27.3. The minimum Gasteiger partial charge on any atom is -0.456 e. The zero-order valence-corrected chi connectivity index (χ0v) is 51.3. The molecule has 5 heteroatoms. The number of hydrogen-bond donors (Lipinski definition) is 0. The first kappa shape index (κ1) is 50.9. The van der Waals surface area contributed by atoms with Gasteiger partial charge in [-0.3, -0.25) is 0 Å². The number of benzene rings is 6. The summed E-state index contributed by atoms with van der Waals surface area (Å²) in [5, 5.41) is 3.99. The summed E-state index contributed by atoms with van der Waals surface area (Å²) in [6, 6.07) is 35.4. The number of aryl methyl sites for hydroxylation is 1. The standard InChI is InChI=1S/C73H85BN2OS/c1-42-33-57-63-58(34-42)76(44-21-22-47-48(35-44)67(4,5)25-24-66(47,2)3)56-39-52-51(70(10,11)28-29-71(52,12)13)38-55(56)74(63)65-64(46-37-50-54(41-61(46)78-65)73(16,17)31-27-69(50,8)9)75(57)32-23-43-19-18-20-59-62(43)45-36-49-53(40-60(45)77-59)72(14,15)30-26-68(49,6)7/h18-22,33-41H,23-32H2,1-17H3. The van der Waals surface area contributed by atoms with E-state index in [0.717, 1.165) is 24.1 Å². The molecule has 14 rings (SSSR count). The molecule has 0 atom stereocenters. The van der Waals surface area contributed by atoms with Crippen LogP contribution in [0.5, 0.6) is 0 Å². The number of fused-ring (bicyclic) bond motifs is 13. The Labute approximate surface area is 471 Å². The molecule has 0 radical (unpaired) electrons. The first-order valence-electron chi connectivity index (χ1n) is 30.1. The zero-order valence-electron chi connectivity index (χ0n) is 50.4. The van der Waals surface area contributed by atoms with Crippen LogP contribution in [0, 0.1) is 6.92 Å². The number of hydrogen-bond acceptors (Lipinski definition) is 4. The second kappa shape index (κ2) is 16.0. The average molecular weight is 1050 g/mol. The largest absolute Gasteiger partial charge is 0.456 e. The Morgan fingerprint density at radius 1 is 0.474 bits per heavy atom. The molecule has 0 unspecified atom stereocenters. The molecule has 0 saturated heterocycles. The molecule has 3 nitrogen and oxygen atoms in total. The first-order valence-corrected chi connectivity index (χ1v) is 31.0. The zero-order chi connectivity index (χ0) is 55.0. The maximum absolute atomic E-state index is 6.92. The monoisotopic (exact) mass is 1050 g/mol. The van der Waals surface area contributed by atoms with Crippen LogP contribution in [0.15, 0.2) is 89.3 Å². The summed E-state index contributed by atoms with van der Waals surface area (Å²) < 4.78 is 9.86. The second-order valence-electron chi connectivity index (χ2n) is 31.1. The molecule has 6 aromatic carbocycles. The van der Waals surface area contributed by atoms with Crippen molar-refractivity contribution in [2.75, 3.05) is 16.3 Å². The van der Waals surface area contributed by atoms with E-state index in [1.807, 2.05) is 0 Å². The van der Waals surface area contributed by atoms with E-state index < -0.39 is 0 Å². The summed E-state index contributed by atoms with van der Waals surface area (Å²) in [6.45, 7) is 43.0. The number of anilines is 5. The van der Waals surface area contributed by atoms with Gasteiger partial charge in [-0.2, -0.15) is 0 Å². The second-order valence-corrected chi connectivity index (χ2v) is 32.2. The van der Waals surface area contributed by atoms with E-state index in [9.17, 15) is 0 Å². The Balaban J connectivity index is 1.03. The van der Waals surface area contributed by atoms with Crippen molar-refractivity contribution in [3.8, 4) is 0 Å². The summed E-state index contributed by atoms with van der Waals surface area (Å²) in [6.07, 6.45) is 10.4. The van der Waals surface area contributed by atoms with Gasteiger partial charge in [0.15, 0.2) is 0 Å². The van der Waals surface area contributed by atoms with Gasteiger partial charge in [-0.15, -0.1) is 11.3 Å². The lowest BCUT2D eigenvalue weighted by Crippen LogP contribution is -2.61. The third-order valence-corrected chi connectivity index (χ3v) is 23.3. The van der Waals surface area contributed by atoms with Gasteiger partial charge >= 0.3 is 0 Å². The summed E-state index contributed by atoms with van der Waals surface area (Å²) in [4.78, 5) is 5.57. The van der Waals surface area contributed by atoms with E-state index in [1.54, 1.807) is 16.7 Å². The number of rotatable bonds is 4. The van der Waals surface area contributed by atoms with Gasteiger partial charge in [0, 0.05) is 54.9 Å². The Hall–Kier alpha value is -5.26. The highest BCUT2D eigenvalue weighted by molar-refractivity contribution is 7.33. The highest BCUT2D eigenvalue weighted by atomic mass is 32.1. The van der Waals surface area contributed by atoms with Crippen LogP contribution in [0.3, 0.4) is 0 Å². The molecule has 78 heavy (non-hydrogen) atoms. The van der Waals surface area contributed by atoms with Crippen molar-refractivity contribution in [3.05, 3.63) is 141 Å². The molecule has 0 N–H and O–H groups in total. The third-order valence-electron chi connectivity index (χ3n) is 22.1. The van der Waals surface area contributed by atoms with Gasteiger partial charge in [0.25, 0.3) is 6.71 Å². The maximum atomic E-state index is 6.92. The molecule has 0 bridgehead atoms. The lowest BCUT2D eigenvalue weighted by molar-refractivity contribution is 0.332. The van der Waals surface area contributed by atoms with Crippen LogP contribution >= 0.6 is 11.3 Å². The molecule has 0 fully saturated rings. The van der Waals surface area contributed by atoms with Crippen LogP contribution in [-0.2, 0) is 49.7 Å². The maximum Gasteiger partial charge on any atom is 0.264 e. The van der Waals surface area contributed by atoms with E-state index in [0.29, 0.717) is 0 Å². The van der Waals surface area contributed by atoms with Gasteiger partial charge in [0.2, 0.25) is 0 Å². The Morgan fingerprint density at radius 3 is 1.58 bits per heavy atom. The van der Waals surface area contributed by atoms with E-state index in [4.69, 9.17) is 4.42 Å². The molecule has 402 valence electrons. The van der Waals surface area contributed by atoms with Gasteiger partial charge in [-0.25, -0.2) is 0 Å². The van der Waals surface area contributed by atoms with Crippen LogP contribution in [-0.4, -0.2) is 13.3 Å². The van der Waals surface area contributed by atoms with Crippen molar-refractivity contribution in [3.63, 3.8) is 0 Å². The van der Waals surface area contributed by atoms with Crippen molar-refractivity contribution in [1.82, 2.24) is 0 Å². The summed E-state index contributed by atoms with van der Waals surface area (Å²) >= 11 is 2.10. The Kier molecular flexibility index (Phi) is 10.5. The summed E-state index contributed by atoms with van der Waals surface area (Å²) in [5.74, 6) is 0. The van der Waals surface area contributed by atoms with Crippen LogP contribution in [0.25, 0.3) is 32.0 Å². The molecular formula is C73H85BN2OS. The molecule has 6 aliphatic rings. The van der Waals surface area contributed by atoms with Gasteiger partial charge < -0.3 is 14.2 Å². The lowest BCUT2D eigenvalue weighted by Gasteiger charge is -2.47. The van der Waals surface area contributed by atoms with Gasteiger partial charge in [0.05, 0.1) is 5.69 Å². The third kappa shape index (κ3) is 7.19. The number of thiophene rings is 1. The van der Waals surface area contributed by atoms with Gasteiger partial charge in [-0.1, -0.05) is 135 Å². The van der Waals surface area contributed by atoms with Crippen LogP contribution in [0.2, 0.25) is 0 Å². The van der Waals surface area contributed by atoms with Gasteiger partial charge in [-0.05, 0) is 235 Å². The molecule has 2 aliphatic heterocycles. The highest BCUT2D eigenvalue weighted by Crippen LogP contribution is 2.56. The highest BCUT2D eigenvalue weighted by Gasteiger charge is 2.49. The molecule has 0 amide bonds. The minimum absolute atomic E-state index is 0.0611. The van der Waals surface area contributed by atoms with Crippen molar-refractivity contribution >= 4 is 94.2 Å². The molecule has 4 heterocycles. The Bertz CT molecular complexity index is 3920. The smallest absolute Gasteiger partial charge is 0.264 e. The van der Waals surface area contributed by atoms with Crippen molar-refractivity contribution in [1.29, 1.82) is 0 Å². The molecular weight excluding hydrogens is 964 g/mol. The normalized spacial score (nSPS) is 21.8. The molecule has 8 aromatic rings. The number of furan rings is 1. The predicted molar refractivity (Wildman–Crippen MR) is 338 cm³/mol. The minimum atomic E-state index is 0.0611. The molecule has 0 spiro atoms. The average Bonchev–Trinajstić information content (AvgIpc) is 2.66. The van der Waals surface area contributed by atoms with Crippen LogP contribution < -0.4 is 25.5 Å². The molecule has 0 saturated carbocycles. The molecule has 2 aromatic heterocycles. The van der Waals surface area contributed by atoms with Crippen LogP contribution in [0.1, 0.15) is 218 Å². The van der Waals surface area contributed by atoms with Crippen LogP contribution in [0.4, 0.5) is 28.4 Å². The quantitative estimate of drug-likeness (QED) is 0.164. The van der Waals surface area contributed by atoms with Crippen molar-refractivity contribution in [2.24, 2.45) is 0 Å². The lowest BCUT2D eigenvalue weighted by atomic mass is 9.35. The van der Waals surface area contributed by atoms with E-state index in [1.165, 1.54) is 155 Å². The fourth-order valence-corrected chi connectivity index (χ4v) is 17.8. The van der Waals surface area contributed by atoms with E-state index in [2.05, 4.69) is 224 Å². The summed E-state index contributed by atoms with van der Waals surface area (Å²) in [7, 11) is 0. The van der Waals surface area contributed by atoms with E-state index >= 15 is 0 Å². The fraction of sp³-hybridized carbons (Fsp3) is 0.479. The van der Waals surface area contributed by atoms with Gasteiger partial charge in [0.1, 0.15) is 11.2 Å². The van der Waals surface area contributed by atoms with Crippen molar-refractivity contribution < 1.29 is 4.42 Å². The fourth-order valence-electron chi connectivity index (χ4n) is 16.4. The van der Waals surface area contributed by atoms with Crippen molar-refractivity contribution in [2.45, 2.75) is 219 Å². The molecule has 4 aliphatic carbocycles. The topological polar surface area (TPSA) is 19.6 Å². The van der Waals surface area contributed by atoms with E-state index in [-0.39, 0.29) is 50.0 Å². The Morgan fingerprint density at radius 2 is 0.974 bits per heavy atom. The first-order chi connectivity index (χ1) is 36.5. The SMILES string of the molecule is Cc1cc2c3c(c1)N(c1ccc4c(c1)C(C)(C)CCC4(C)C)c1cc4c(cc1B3c1sc3cc5c(cc3c1N2CCc1cccc2oc3cc6c(cc3c12)C(C)(C)CCC6(C)C)C(C)(C)CCC5(C)C)C(C)(C)CCC4(C)C. The predicted octanol–water partition coefficient (Wildman–Crippen LogP) is 18.5.